The Balaban J connectivity index is 2.81. The van der Waals surface area contributed by atoms with Crippen LogP contribution in [0.5, 0.6) is 0 Å². The molecule has 1 amide bonds. The van der Waals surface area contributed by atoms with Crippen LogP contribution in [0.1, 0.15) is 23.1 Å². The van der Waals surface area contributed by atoms with Crippen molar-refractivity contribution < 1.29 is 4.79 Å². The SMILES string of the molecule is CCc1cc(C(N)=O)nn1CCN(C)C. The average molecular weight is 210 g/mol. The topological polar surface area (TPSA) is 64.2 Å². The van der Waals surface area contributed by atoms with E-state index >= 15 is 0 Å². The quantitative estimate of drug-likeness (QED) is 0.750. The molecule has 1 heterocycles. The molecule has 0 saturated heterocycles. The summed E-state index contributed by atoms with van der Waals surface area (Å²) in [5.41, 5.74) is 6.58. The first-order valence-corrected chi connectivity index (χ1v) is 5.05. The van der Waals surface area contributed by atoms with Crippen molar-refractivity contribution in [3.63, 3.8) is 0 Å². The van der Waals surface area contributed by atoms with Gasteiger partial charge in [0, 0.05) is 12.2 Å². The molecule has 0 aliphatic rings. The Labute approximate surface area is 89.9 Å². The third-order valence-corrected chi connectivity index (χ3v) is 2.24. The maximum absolute atomic E-state index is 11.0. The van der Waals surface area contributed by atoms with Crippen LogP contribution in [-0.2, 0) is 13.0 Å². The monoisotopic (exact) mass is 210 g/mol. The fraction of sp³-hybridized carbons (Fsp3) is 0.600. The predicted molar refractivity (Wildman–Crippen MR) is 58.7 cm³/mol. The van der Waals surface area contributed by atoms with Crippen molar-refractivity contribution in [1.82, 2.24) is 14.7 Å². The van der Waals surface area contributed by atoms with Gasteiger partial charge in [0.25, 0.3) is 5.91 Å². The number of amides is 1. The number of rotatable bonds is 5. The average Bonchev–Trinajstić information content (AvgIpc) is 2.57. The predicted octanol–water partition coefficient (Wildman–Crippen LogP) is 0.106. The van der Waals surface area contributed by atoms with Crippen LogP contribution in [-0.4, -0.2) is 41.2 Å². The number of likely N-dealkylation sites (N-methyl/N-ethyl adjacent to an activating group) is 1. The van der Waals surface area contributed by atoms with Crippen LogP contribution in [0.15, 0.2) is 6.07 Å². The number of aromatic nitrogens is 2. The summed E-state index contributed by atoms with van der Waals surface area (Å²) in [7, 11) is 4.01. The molecule has 0 atom stereocenters. The molecule has 1 rings (SSSR count). The maximum Gasteiger partial charge on any atom is 0.269 e. The van der Waals surface area contributed by atoms with E-state index in [1.165, 1.54) is 0 Å². The lowest BCUT2D eigenvalue weighted by Gasteiger charge is -2.10. The van der Waals surface area contributed by atoms with Gasteiger partial charge < -0.3 is 10.6 Å². The maximum atomic E-state index is 11.0. The first-order valence-electron chi connectivity index (χ1n) is 5.05. The molecule has 0 fully saturated rings. The normalized spacial score (nSPS) is 10.9. The van der Waals surface area contributed by atoms with Crippen molar-refractivity contribution in [2.75, 3.05) is 20.6 Å². The molecule has 1 aromatic rings. The second-order valence-electron chi connectivity index (χ2n) is 3.77. The lowest BCUT2D eigenvalue weighted by Crippen LogP contribution is -2.20. The Kier molecular flexibility index (Phi) is 3.85. The minimum absolute atomic E-state index is 0.352. The van der Waals surface area contributed by atoms with Crippen LogP contribution in [0.2, 0.25) is 0 Å². The summed E-state index contributed by atoms with van der Waals surface area (Å²) in [6.45, 7) is 3.71. The van der Waals surface area contributed by atoms with Gasteiger partial charge in [-0.2, -0.15) is 5.10 Å². The first-order chi connectivity index (χ1) is 7.04. The Bertz CT molecular complexity index is 343. The number of hydrogen-bond acceptors (Lipinski definition) is 3. The molecule has 0 radical (unpaired) electrons. The molecule has 5 nitrogen and oxygen atoms in total. The zero-order valence-corrected chi connectivity index (χ0v) is 9.53. The molecule has 0 spiro atoms. The van der Waals surface area contributed by atoms with Gasteiger partial charge >= 0.3 is 0 Å². The van der Waals surface area contributed by atoms with Crippen LogP contribution >= 0.6 is 0 Å². The van der Waals surface area contributed by atoms with Gasteiger partial charge in [0.15, 0.2) is 0 Å². The van der Waals surface area contributed by atoms with E-state index in [0.717, 1.165) is 25.2 Å². The summed E-state index contributed by atoms with van der Waals surface area (Å²) >= 11 is 0. The third kappa shape index (κ3) is 3.06. The number of carbonyl (C=O) groups excluding carboxylic acids is 1. The molecule has 0 aromatic carbocycles. The fourth-order valence-electron chi connectivity index (χ4n) is 1.35. The van der Waals surface area contributed by atoms with Crippen molar-refractivity contribution >= 4 is 5.91 Å². The molecule has 0 bridgehead atoms. The van der Waals surface area contributed by atoms with Crippen LogP contribution in [0, 0.1) is 0 Å². The van der Waals surface area contributed by atoms with E-state index in [-0.39, 0.29) is 0 Å². The highest BCUT2D eigenvalue weighted by molar-refractivity contribution is 5.90. The number of hydrogen-bond donors (Lipinski definition) is 1. The van der Waals surface area contributed by atoms with E-state index in [1.54, 1.807) is 6.07 Å². The number of nitrogens with zero attached hydrogens (tertiary/aromatic N) is 3. The van der Waals surface area contributed by atoms with Crippen LogP contribution in [0.25, 0.3) is 0 Å². The second-order valence-corrected chi connectivity index (χ2v) is 3.77. The van der Waals surface area contributed by atoms with Crippen LogP contribution in [0.3, 0.4) is 0 Å². The zero-order valence-electron chi connectivity index (χ0n) is 9.53. The van der Waals surface area contributed by atoms with Crippen LogP contribution < -0.4 is 5.73 Å². The number of carbonyl (C=O) groups is 1. The molecule has 84 valence electrons. The Morgan fingerprint density at radius 3 is 2.73 bits per heavy atom. The van der Waals surface area contributed by atoms with Crippen molar-refractivity contribution in [3.8, 4) is 0 Å². The summed E-state index contributed by atoms with van der Waals surface area (Å²) in [5.74, 6) is -0.465. The number of nitrogens with two attached hydrogens (primary N) is 1. The Morgan fingerprint density at radius 1 is 1.60 bits per heavy atom. The van der Waals surface area contributed by atoms with Gasteiger partial charge in [0.1, 0.15) is 5.69 Å². The molecule has 0 saturated carbocycles. The minimum atomic E-state index is -0.465. The number of aryl methyl sites for hydroxylation is 1. The van der Waals surface area contributed by atoms with Crippen molar-refractivity contribution in [3.05, 3.63) is 17.5 Å². The van der Waals surface area contributed by atoms with Gasteiger partial charge in [0.05, 0.1) is 6.54 Å². The van der Waals surface area contributed by atoms with Gasteiger partial charge in [-0.3, -0.25) is 9.48 Å². The van der Waals surface area contributed by atoms with E-state index in [2.05, 4.69) is 10.00 Å². The highest BCUT2D eigenvalue weighted by Crippen LogP contribution is 2.05. The third-order valence-electron chi connectivity index (χ3n) is 2.24. The van der Waals surface area contributed by atoms with Gasteiger partial charge in [0.2, 0.25) is 0 Å². The van der Waals surface area contributed by atoms with Crippen molar-refractivity contribution in [2.45, 2.75) is 19.9 Å². The minimum Gasteiger partial charge on any atom is -0.364 e. The largest absolute Gasteiger partial charge is 0.364 e. The van der Waals surface area contributed by atoms with Crippen molar-refractivity contribution in [1.29, 1.82) is 0 Å². The molecule has 5 heteroatoms. The van der Waals surface area contributed by atoms with Gasteiger partial charge in [-0.05, 0) is 26.6 Å². The van der Waals surface area contributed by atoms with Gasteiger partial charge in [-0.25, -0.2) is 0 Å². The molecular formula is C10H18N4O. The smallest absolute Gasteiger partial charge is 0.269 e. The molecule has 1 aromatic heterocycles. The lowest BCUT2D eigenvalue weighted by atomic mass is 10.3. The van der Waals surface area contributed by atoms with E-state index in [9.17, 15) is 4.79 Å². The van der Waals surface area contributed by atoms with Crippen LogP contribution in [0.4, 0.5) is 0 Å². The van der Waals surface area contributed by atoms with E-state index in [1.807, 2.05) is 25.7 Å². The summed E-state index contributed by atoms with van der Waals surface area (Å²) in [6, 6.07) is 1.76. The molecule has 15 heavy (non-hydrogen) atoms. The zero-order chi connectivity index (χ0) is 11.4. The van der Waals surface area contributed by atoms with E-state index < -0.39 is 5.91 Å². The number of primary amides is 1. The summed E-state index contributed by atoms with van der Waals surface area (Å²) in [4.78, 5) is 13.0. The summed E-state index contributed by atoms with van der Waals surface area (Å²) in [5, 5.41) is 4.17. The molecule has 2 N–H and O–H groups in total. The highest BCUT2D eigenvalue weighted by Gasteiger charge is 2.10. The Morgan fingerprint density at radius 2 is 2.27 bits per heavy atom. The van der Waals surface area contributed by atoms with Gasteiger partial charge in [-0.15, -0.1) is 0 Å². The summed E-state index contributed by atoms with van der Waals surface area (Å²) in [6.07, 6.45) is 0.855. The molecular weight excluding hydrogens is 192 g/mol. The molecule has 0 aliphatic heterocycles. The fourth-order valence-corrected chi connectivity index (χ4v) is 1.35. The standard InChI is InChI=1S/C10H18N4O/c1-4-8-7-9(10(11)15)12-14(8)6-5-13(2)3/h7H,4-6H2,1-3H3,(H2,11,15). The second kappa shape index (κ2) is 4.93. The summed E-state index contributed by atoms with van der Waals surface area (Å²) < 4.78 is 1.85. The molecule has 0 unspecified atom stereocenters. The highest BCUT2D eigenvalue weighted by atomic mass is 16.1. The molecule has 0 aliphatic carbocycles. The first kappa shape index (κ1) is 11.7. The van der Waals surface area contributed by atoms with E-state index in [4.69, 9.17) is 5.73 Å². The van der Waals surface area contributed by atoms with E-state index in [0.29, 0.717) is 5.69 Å². The van der Waals surface area contributed by atoms with Crippen molar-refractivity contribution in [2.24, 2.45) is 5.73 Å². The Hall–Kier alpha value is -1.36. The van der Waals surface area contributed by atoms with Gasteiger partial charge in [-0.1, -0.05) is 6.92 Å². The lowest BCUT2D eigenvalue weighted by molar-refractivity contribution is 0.0994.